The Bertz CT molecular complexity index is 595. The summed E-state index contributed by atoms with van der Waals surface area (Å²) < 4.78 is 7.09. The predicted octanol–water partition coefficient (Wildman–Crippen LogP) is 3.30. The highest BCUT2D eigenvalue weighted by molar-refractivity contribution is 6.31. The first-order chi connectivity index (χ1) is 9.17. The van der Waals surface area contributed by atoms with Gasteiger partial charge in [-0.3, -0.25) is 0 Å². The Morgan fingerprint density at radius 2 is 2.16 bits per heavy atom. The average Bonchev–Trinajstić information content (AvgIpc) is 2.80. The van der Waals surface area contributed by atoms with Gasteiger partial charge in [-0.1, -0.05) is 11.6 Å². The minimum atomic E-state index is 0.412. The Morgan fingerprint density at radius 1 is 1.37 bits per heavy atom. The second kappa shape index (κ2) is 6.04. The lowest BCUT2D eigenvalue weighted by atomic mass is 10.2. The third-order valence-corrected chi connectivity index (χ3v) is 3.16. The van der Waals surface area contributed by atoms with Crippen LogP contribution in [0.5, 0.6) is 0 Å². The number of halogens is 1. The van der Waals surface area contributed by atoms with Crippen LogP contribution in [-0.2, 0) is 16.1 Å². The lowest BCUT2D eigenvalue weighted by Crippen LogP contribution is -2.01. The minimum Gasteiger partial charge on any atom is -0.385 e. The molecule has 0 aliphatic rings. The number of methoxy groups -OCH3 is 1. The highest BCUT2D eigenvalue weighted by atomic mass is 35.5. The van der Waals surface area contributed by atoms with Crippen molar-refractivity contribution in [3.8, 4) is 0 Å². The van der Waals surface area contributed by atoms with Crippen LogP contribution >= 0.6 is 11.6 Å². The number of aromatic nitrogens is 1. The minimum absolute atomic E-state index is 0.412. The van der Waals surface area contributed by atoms with Gasteiger partial charge in [0.1, 0.15) is 0 Å². The molecule has 1 heterocycles. The molecule has 0 aliphatic heterocycles. The Labute approximate surface area is 116 Å². The quantitative estimate of drug-likeness (QED) is 0.603. The van der Waals surface area contributed by atoms with Crippen molar-refractivity contribution in [3.63, 3.8) is 0 Å². The largest absolute Gasteiger partial charge is 0.385 e. The number of benzene rings is 1. The summed E-state index contributed by atoms with van der Waals surface area (Å²) in [6.45, 7) is 1.50. The molecule has 0 saturated carbocycles. The average molecular weight is 284 g/mol. The number of fused-ring (bicyclic) bond motifs is 1. The van der Waals surface area contributed by atoms with E-state index >= 15 is 0 Å². The van der Waals surface area contributed by atoms with E-state index in [2.05, 4.69) is 0 Å². The predicted molar refractivity (Wildman–Crippen MR) is 73.7 cm³/mol. The molecule has 0 fully saturated rings. The second-order valence-corrected chi connectivity index (χ2v) is 4.59. The first-order valence-electron chi connectivity index (χ1n) is 5.96. The normalized spacial score (nSPS) is 10.9. The molecule has 0 amide bonds. The zero-order valence-corrected chi connectivity index (χ0v) is 11.7. The van der Waals surface area contributed by atoms with E-state index in [0.717, 1.165) is 23.9 Å². The van der Waals surface area contributed by atoms with E-state index in [1.165, 1.54) is 7.11 Å². The first-order valence-corrected chi connectivity index (χ1v) is 6.34. The summed E-state index contributed by atoms with van der Waals surface area (Å²) in [5.74, 6) is 0. The molecular formula is C13H16ClN2O3+. The van der Waals surface area contributed by atoms with E-state index in [1.807, 2.05) is 22.9 Å². The van der Waals surface area contributed by atoms with Gasteiger partial charge in [0.15, 0.2) is 7.11 Å². The molecular weight excluding hydrogens is 268 g/mol. The van der Waals surface area contributed by atoms with Crippen molar-refractivity contribution in [2.75, 3.05) is 20.8 Å². The molecule has 0 unspecified atom stereocenters. The monoisotopic (exact) mass is 283 g/mol. The summed E-state index contributed by atoms with van der Waals surface area (Å²) >= 11 is 6.06. The van der Waals surface area contributed by atoms with Crippen LogP contribution < -0.4 is 0 Å². The first kappa shape index (κ1) is 13.8. The topological polar surface area (TPSA) is 43.5 Å². The number of aryl methyl sites for hydroxylation is 1. The third-order valence-electron chi connectivity index (χ3n) is 2.94. The maximum Gasteiger partial charge on any atom is 0.327 e. The summed E-state index contributed by atoms with van der Waals surface area (Å²) in [6, 6.07) is 5.33. The van der Waals surface area contributed by atoms with Crippen molar-refractivity contribution < 1.29 is 14.5 Å². The molecule has 0 aliphatic carbocycles. The van der Waals surface area contributed by atoms with Gasteiger partial charge in [-0.15, -0.1) is 0 Å². The Balaban J connectivity index is 2.42. The van der Waals surface area contributed by atoms with Gasteiger partial charge < -0.3 is 9.30 Å². The Kier molecular flexibility index (Phi) is 4.39. The molecule has 5 nitrogen and oxygen atoms in total. The van der Waals surface area contributed by atoms with Crippen LogP contribution in [0.4, 0.5) is 5.69 Å². The van der Waals surface area contributed by atoms with Crippen molar-refractivity contribution in [3.05, 3.63) is 34.3 Å². The number of hydrogen-bond donors (Lipinski definition) is 0. The van der Waals surface area contributed by atoms with E-state index in [0.29, 0.717) is 22.2 Å². The van der Waals surface area contributed by atoms with E-state index in [9.17, 15) is 4.91 Å². The van der Waals surface area contributed by atoms with Gasteiger partial charge >= 0.3 is 5.69 Å². The van der Waals surface area contributed by atoms with E-state index < -0.39 is 0 Å². The van der Waals surface area contributed by atoms with Gasteiger partial charge in [-0.2, -0.15) is 0 Å². The molecule has 2 rings (SSSR count). The third kappa shape index (κ3) is 2.88. The van der Waals surface area contributed by atoms with Crippen molar-refractivity contribution in [2.24, 2.45) is 0 Å². The fraction of sp³-hybridized carbons (Fsp3) is 0.385. The molecule has 0 atom stereocenters. The highest BCUT2D eigenvalue weighted by Gasteiger charge is 2.21. The molecule has 0 bridgehead atoms. The van der Waals surface area contributed by atoms with E-state index in [-0.39, 0.29) is 0 Å². The Hall–Kier alpha value is -1.59. The molecule has 6 heteroatoms. The van der Waals surface area contributed by atoms with E-state index in [4.69, 9.17) is 21.2 Å². The zero-order chi connectivity index (χ0) is 13.8. The second-order valence-electron chi connectivity index (χ2n) is 4.15. The molecule has 19 heavy (non-hydrogen) atoms. The molecule has 1 aromatic carbocycles. The van der Waals surface area contributed by atoms with Crippen molar-refractivity contribution >= 4 is 28.2 Å². The number of nitrogens with zero attached hydrogens (tertiary/aromatic N) is 2. The summed E-state index contributed by atoms with van der Waals surface area (Å²) in [7, 11) is 3.01. The fourth-order valence-corrected chi connectivity index (χ4v) is 2.27. The molecule has 102 valence electrons. The van der Waals surface area contributed by atoms with Crippen LogP contribution in [0.2, 0.25) is 5.02 Å². The van der Waals surface area contributed by atoms with Gasteiger partial charge in [-0.25, -0.2) is 4.84 Å². The van der Waals surface area contributed by atoms with Crippen LogP contribution in [0, 0.1) is 4.91 Å². The molecule has 2 aromatic rings. The van der Waals surface area contributed by atoms with Crippen LogP contribution in [0.15, 0.2) is 24.4 Å². The van der Waals surface area contributed by atoms with Gasteiger partial charge in [0, 0.05) is 37.5 Å². The highest BCUT2D eigenvalue weighted by Crippen LogP contribution is 2.31. The standard InChI is InChI=1S/C13H16ClN2O3/c1-18-7-3-5-15-6-4-11-12(15)8-10(14)9-13(11)16(17)19-2/h4,6,8-9H,3,5,7H2,1-2H3/q+1. The van der Waals surface area contributed by atoms with Gasteiger partial charge in [0.25, 0.3) is 4.92 Å². The molecule has 0 saturated heterocycles. The number of hydrogen-bond acceptors (Lipinski definition) is 3. The SMILES string of the molecule is COCCCn1ccc2c([N+](=O)OC)cc(Cl)cc21. The molecule has 0 spiro atoms. The number of rotatable bonds is 6. The lowest BCUT2D eigenvalue weighted by Gasteiger charge is -2.05. The summed E-state index contributed by atoms with van der Waals surface area (Å²) in [4.78, 5) is 16.8. The smallest absolute Gasteiger partial charge is 0.327 e. The van der Waals surface area contributed by atoms with Gasteiger partial charge in [0.05, 0.1) is 15.8 Å². The molecule has 0 radical (unpaired) electrons. The van der Waals surface area contributed by atoms with Crippen LogP contribution in [-0.4, -0.2) is 30.3 Å². The van der Waals surface area contributed by atoms with Crippen molar-refractivity contribution in [2.45, 2.75) is 13.0 Å². The number of ether oxygens (including phenoxy) is 1. The fourth-order valence-electron chi connectivity index (χ4n) is 2.07. The van der Waals surface area contributed by atoms with E-state index in [1.54, 1.807) is 13.2 Å². The Morgan fingerprint density at radius 3 is 2.84 bits per heavy atom. The van der Waals surface area contributed by atoms with Gasteiger partial charge in [0.2, 0.25) is 0 Å². The van der Waals surface area contributed by atoms with Crippen LogP contribution in [0.3, 0.4) is 0 Å². The maximum atomic E-state index is 11.7. The maximum absolute atomic E-state index is 11.7. The molecule has 0 N–H and O–H groups in total. The summed E-state index contributed by atoms with van der Waals surface area (Å²) in [5, 5.41) is 1.32. The zero-order valence-electron chi connectivity index (χ0n) is 10.9. The van der Waals surface area contributed by atoms with Crippen molar-refractivity contribution in [1.29, 1.82) is 0 Å². The van der Waals surface area contributed by atoms with Crippen LogP contribution in [0.25, 0.3) is 10.9 Å². The van der Waals surface area contributed by atoms with Crippen molar-refractivity contribution in [1.82, 2.24) is 4.57 Å². The summed E-state index contributed by atoms with van der Waals surface area (Å²) in [6.07, 6.45) is 2.83. The van der Waals surface area contributed by atoms with Gasteiger partial charge in [-0.05, 0) is 18.6 Å². The van der Waals surface area contributed by atoms with Crippen LogP contribution in [0.1, 0.15) is 6.42 Å². The molecule has 1 aromatic heterocycles. The lowest BCUT2D eigenvalue weighted by molar-refractivity contribution is -0.735. The summed E-state index contributed by atoms with van der Waals surface area (Å²) in [5.41, 5.74) is 1.33.